The van der Waals surface area contributed by atoms with Gasteiger partial charge in [-0.2, -0.15) is 0 Å². The van der Waals surface area contributed by atoms with Gasteiger partial charge in [0.25, 0.3) is 0 Å². The maximum Gasteiger partial charge on any atom is 0.153 e. The van der Waals surface area contributed by atoms with Crippen molar-refractivity contribution in [3.05, 3.63) is 42.2 Å². The topological polar surface area (TPSA) is 74.1 Å². The summed E-state index contributed by atoms with van der Waals surface area (Å²) in [5.74, 6) is 0.761. The van der Waals surface area contributed by atoms with Gasteiger partial charge in [-0.25, -0.2) is 8.42 Å². The second-order valence-electron chi connectivity index (χ2n) is 4.56. The number of aryl methyl sites for hydroxylation is 1. The highest BCUT2D eigenvalue weighted by atomic mass is 32.2. The van der Waals surface area contributed by atoms with Gasteiger partial charge in [0.15, 0.2) is 9.84 Å². The van der Waals surface area contributed by atoms with Gasteiger partial charge in [-0.3, -0.25) is 4.68 Å². The van der Waals surface area contributed by atoms with Gasteiger partial charge in [0.2, 0.25) is 0 Å². The molecule has 108 valence electrons. The molecule has 0 saturated heterocycles. The number of hydrogen-bond acceptors (Lipinski definition) is 5. The summed E-state index contributed by atoms with van der Waals surface area (Å²) in [6.07, 6.45) is 3.61. The Morgan fingerprint density at radius 2 is 2.00 bits per heavy atom. The Bertz CT molecular complexity index is 638. The molecule has 6 nitrogen and oxygen atoms in total. The molecule has 0 aliphatic carbocycles. The first kappa shape index (κ1) is 14.5. The quantitative estimate of drug-likeness (QED) is 0.720. The van der Waals surface area contributed by atoms with E-state index in [2.05, 4.69) is 10.3 Å². The van der Waals surface area contributed by atoms with E-state index in [1.807, 2.05) is 30.3 Å². The van der Waals surface area contributed by atoms with Crippen LogP contribution in [0.25, 0.3) is 0 Å². The number of aromatic nitrogens is 3. The van der Waals surface area contributed by atoms with Crippen LogP contribution in [0.1, 0.15) is 12.1 Å². The van der Waals surface area contributed by atoms with Crippen molar-refractivity contribution in [2.45, 2.75) is 18.7 Å². The summed E-state index contributed by atoms with van der Waals surface area (Å²) in [6, 6.07) is 9.58. The molecule has 0 aliphatic rings. The summed E-state index contributed by atoms with van der Waals surface area (Å²) in [6.45, 7) is 1.22. The molecule has 0 saturated carbocycles. The van der Waals surface area contributed by atoms with Crippen molar-refractivity contribution >= 4 is 9.84 Å². The number of nitrogens with zero attached hydrogens (tertiary/aromatic N) is 3. The van der Waals surface area contributed by atoms with E-state index >= 15 is 0 Å². The molecule has 1 aromatic carbocycles. The smallest absolute Gasteiger partial charge is 0.153 e. The molecule has 0 unspecified atom stereocenters. The number of hydrogen-bond donors (Lipinski definition) is 0. The Kier molecular flexibility index (Phi) is 4.73. The van der Waals surface area contributed by atoms with Crippen molar-refractivity contribution in [1.29, 1.82) is 0 Å². The molecule has 1 heterocycles. The Hall–Kier alpha value is -1.89. The third-order valence-electron chi connectivity index (χ3n) is 2.54. The Balaban J connectivity index is 1.75. The molecule has 0 amide bonds. The monoisotopic (exact) mass is 295 g/mol. The van der Waals surface area contributed by atoms with Crippen LogP contribution in [0.2, 0.25) is 0 Å². The van der Waals surface area contributed by atoms with Crippen molar-refractivity contribution in [1.82, 2.24) is 15.0 Å². The van der Waals surface area contributed by atoms with Gasteiger partial charge in [0, 0.05) is 25.4 Å². The van der Waals surface area contributed by atoms with E-state index in [9.17, 15) is 8.42 Å². The molecule has 0 radical (unpaired) electrons. The molecule has 1 aromatic heterocycles. The number of para-hydroxylation sites is 1. The third kappa shape index (κ3) is 5.00. The van der Waals surface area contributed by atoms with Crippen LogP contribution in [-0.4, -0.2) is 36.3 Å². The fourth-order valence-corrected chi connectivity index (χ4v) is 2.39. The molecule has 7 heteroatoms. The molecule has 0 atom stereocenters. The minimum absolute atomic E-state index is 0.0759. The highest BCUT2D eigenvalue weighted by Gasteiger charge is 2.08. The van der Waals surface area contributed by atoms with Gasteiger partial charge in [-0.15, -0.1) is 5.10 Å². The minimum Gasteiger partial charge on any atom is -0.494 e. The maximum absolute atomic E-state index is 11.1. The second kappa shape index (κ2) is 6.51. The van der Waals surface area contributed by atoms with Crippen molar-refractivity contribution in [3.63, 3.8) is 0 Å². The van der Waals surface area contributed by atoms with Gasteiger partial charge in [0.05, 0.1) is 18.1 Å². The van der Waals surface area contributed by atoms with Crippen LogP contribution < -0.4 is 4.74 Å². The van der Waals surface area contributed by atoms with E-state index in [0.29, 0.717) is 18.8 Å². The lowest BCUT2D eigenvalue weighted by atomic mass is 10.3. The fourth-order valence-electron chi connectivity index (χ4n) is 1.72. The van der Waals surface area contributed by atoms with E-state index in [4.69, 9.17) is 4.74 Å². The number of sulfone groups is 1. The first-order valence-electron chi connectivity index (χ1n) is 6.27. The van der Waals surface area contributed by atoms with Crippen LogP contribution in [0.3, 0.4) is 0 Å². The summed E-state index contributed by atoms with van der Waals surface area (Å²) in [7, 11) is -3.07. The number of ether oxygens (including phenoxy) is 1. The standard InChI is InChI=1S/C13H17N3O3S/c1-20(17,18)11-12-10-16(15-14-12)8-5-9-19-13-6-3-2-4-7-13/h2-4,6-7,10H,5,8-9,11H2,1H3. The number of rotatable bonds is 7. The SMILES string of the molecule is CS(=O)(=O)Cc1cn(CCCOc2ccccc2)nn1. The molecule has 0 N–H and O–H groups in total. The normalized spacial score (nSPS) is 11.4. The average molecular weight is 295 g/mol. The van der Waals surface area contributed by atoms with E-state index in [0.717, 1.165) is 12.2 Å². The maximum atomic E-state index is 11.1. The first-order chi connectivity index (χ1) is 9.53. The van der Waals surface area contributed by atoms with Crippen molar-refractivity contribution < 1.29 is 13.2 Å². The number of benzene rings is 1. The van der Waals surface area contributed by atoms with Gasteiger partial charge >= 0.3 is 0 Å². The molecule has 2 aromatic rings. The van der Waals surface area contributed by atoms with Crippen molar-refractivity contribution in [2.75, 3.05) is 12.9 Å². The summed E-state index contributed by atoms with van der Waals surface area (Å²) < 4.78 is 29.5. The predicted octanol–water partition coefficient (Wildman–Crippen LogP) is 1.29. The zero-order valence-corrected chi connectivity index (χ0v) is 12.1. The highest BCUT2D eigenvalue weighted by Crippen LogP contribution is 2.08. The summed E-state index contributed by atoms with van der Waals surface area (Å²) in [5.41, 5.74) is 0.469. The molecule has 0 fully saturated rings. The molecule has 0 bridgehead atoms. The van der Waals surface area contributed by atoms with Crippen LogP contribution in [0, 0.1) is 0 Å². The van der Waals surface area contributed by atoms with E-state index < -0.39 is 9.84 Å². The molecule has 2 rings (SSSR count). The largest absolute Gasteiger partial charge is 0.494 e. The van der Waals surface area contributed by atoms with Crippen LogP contribution in [0.4, 0.5) is 0 Å². The average Bonchev–Trinajstić information content (AvgIpc) is 2.81. The summed E-state index contributed by atoms with van der Waals surface area (Å²) >= 11 is 0. The van der Waals surface area contributed by atoms with E-state index in [1.165, 1.54) is 6.26 Å². The molecule has 0 spiro atoms. The highest BCUT2D eigenvalue weighted by molar-refractivity contribution is 7.89. The van der Waals surface area contributed by atoms with Crippen LogP contribution in [0.15, 0.2) is 36.5 Å². The third-order valence-corrected chi connectivity index (χ3v) is 3.36. The summed E-state index contributed by atoms with van der Waals surface area (Å²) in [5, 5.41) is 7.72. The predicted molar refractivity (Wildman–Crippen MR) is 75.1 cm³/mol. The van der Waals surface area contributed by atoms with Gasteiger partial charge in [0.1, 0.15) is 5.75 Å². The Labute approximate surface area is 118 Å². The van der Waals surface area contributed by atoms with Gasteiger partial charge in [-0.05, 0) is 12.1 Å². The van der Waals surface area contributed by atoms with Crippen molar-refractivity contribution in [3.8, 4) is 5.75 Å². The molecular formula is C13H17N3O3S. The van der Waals surface area contributed by atoms with E-state index in [1.54, 1.807) is 10.9 Å². The fraction of sp³-hybridized carbons (Fsp3) is 0.385. The van der Waals surface area contributed by atoms with Crippen molar-refractivity contribution in [2.24, 2.45) is 0 Å². The van der Waals surface area contributed by atoms with Crippen LogP contribution >= 0.6 is 0 Å². The zero-order chi connectivity index (χ0) is 14.4. The van der Waals surface area contributed by atoms with Gasteiger partial charge < -0.3 is 4.74 Å². The first-order valence-corrected chi connectivity index (χ1v) is 8.33. The Morgan fingerprint density at radius 3 is 2.70 bits per heavy atom. The zero-order valence-electron chi connectivity index (χ0n) is 11.3. The lowest BCUT2D eigenvalue weighted by Gasteiger charge is -2.05. The Morgan fingerprint density at radius 1 is 1.25 bits per heavy atom. The summed E-state index contributed by atoms with van der Waals surface area (Å²) in [4.78, 5) is 0. The lowest BCUT2D eigenvalue weighted by Crippen LogP contribution is -2.05. The lowest BCUT2D eigenvalue weighted by molar-refractivity contribution is 0.298. The molecule has 0 aliphatic heterocycles. The molecule has 20 heavy (non-hydrogen) atoms. The second-order valence-corrected chi connectivity index (χ2v) is 6.70. The van der Waals surface area contributed by atoms with Crippen LogP contribution in [-0.2, 0) is 22.1 Å². The van der Waals surface area contributed by atoms with Crippen LogP contribution in [0.5, 0.6) is 5.75 Å². The minimum atomic E-state index is -3.07. The van der Waals surface area contributed by atoms with Gasteiger partial charge in [-0.1, -0.05) is 23.4 Å². The van der Waals surface area contributed by atoms with E-state index in [-0.39, 0.29) is 5.75 Å². The molecular weight excluding hydrogens is 278 g/mol.